The van der Waals surface area contributed by atoms with Gasteiger partial charge in [0.2, 0.25) is 6.79 Å². The Morgan fingerprint density at radius 2 is 2.11 bits per heavy atom. The van der Waals surface area contributed by atoms with E-state index in [0.29, 0.717) is 23.8 Å². The number of nitrogens with one attached hydrogen (secondary N) is 2. The third-order valence-corrected chi connectivity index (χ3v) is 2.30. The summed E-state index contributed by atoms with van der Waals surface area (Å²) in [7, 11) is 0. The number of urea groups is 1. The van der Waals surface area contributed by atoms with Gasteiger partial charge in [-0.2, -0.15) is 0 Å². The molecule has 102 valence electrons. The van der Waals surface area contributed by atoms with Crippen LogP contribution in [0.5, 0.6) is 17.2 Å². The molecule has 0 aromatic heterocycles. The molecule has 0 spiro atoms. The Labute approximate surface area is 109 Å². The van der Waals surface area contributed by atoms with Crippen molar-refractivity contribution in [3.63, 3.8) is 0 Å². The van der Waals surface area contributed by atoms with Crippen LogP contribution in [0.1, 0.15) is 6.92 Å². The molecule has 1 aliphatic rings. The maximum absolute atomic E-state index is 11.4. The molecule has 7 nitrogen and oxygen atoms in total. The van der Waals surface area contributed by atoms with E-state index >= 15 is 0 Å². The largest absolute Gasteiger partial charge is 0.484 e. The molecular weight excluding hydrogens is 252 g/mol. The Morgan fingerprint density at radius 3 is 2.89 bits per heavy atom. The van der Waals surface area contributed by atoms with Gasteiger partial charge < -0.3 is 19.5 Å². The highest BCUT2D eigenvalue weighted by atomic mass is 16.7. The highest BCUT2D eigenvalue weighted by Crippen LogP contribution is 2.34. The number of hydrogen-bond donors (Lipinski definition) is 2. The predicted molar refractivity (Wildman–Crippen MR) is 65.3 cm³/mol. The van der Waals surface area contributed by atoms with Crippen LogP contribution in [0.4, 0.5) is 4.79 Å². The molecule has 0 fully saturated rings. The van der Waals surface area contributed by atoms with E-state index in [4.69, 9.17) is 14.2 Å². The third kappa shape index (κ3) is 3.51. The second-order valence-electron chi connectivity index (χ2n) is 3.71. The van der Waals surface area contributed by atoms with E-state index in [1.165, 1.54) is 0 Å². The van der Waals surface area contributed by atoms with E-state index in [1.807, 2.05) is 0 Å². The number of fused-ring (bicyclic) bond motifs is 1. The predicted octanol–water partition coefficient (Wildman–Crippen LogP) is 0.640. The highest BCUT2D eigenvalue weighted by molar-refractivity contribution is 5.94. The van der Waals surface area contributed by atoms with E-state index in [1.54, 1.807) is 25.1 Å². The minimum Gasteiger partial charge on any atom is -0.484 e. The van der Waals surface area contributed by atoms with Gasteiger partial charge in [0.05, 0.1) is 0 Å². The van der Waals surface area contributed by atoms with Crippen molar-refractivity contribution in [2.24, 2.45) is 0 Å². The normalized spacial score (nSPS) is 11.8. The van der Waals surface area contributed by atoms with Gasteiger partial charge in [0.15, 0.2) is 18.1 Å². The van der Waals surface area contributed by atoms with Crippen LogP contribution in [-0.2, 0) is 4.79 Å². The zero-order valence-electron chi connectivity index (χ0n) is 10.4. The van der Waals surface area contributed by atoms with Gasteiger partial charge in [0.1, 0.15) is 5.75 Å². The van der Waals surface area contributed by atoms with Crippen LogP contribution in [0.25, 0.3) is 0 Å². The van der Waals surface area contributed by atoms with Crippen LogP contribution in [0.2, 0.25) is 0 Å². The summed E-state index contributed by atoms with van der Waals surface area (Å²) in [6.45, 7) is 2.13. The number of hydrogen-bond acceptors (Lipinski definition) is 5. The van der Waals surface area contributed by atoms with E-state index in [0.717, 1.165) is 0 Å². The maximum atomic E-state index is 11.4. The lowest BCUT2D eigenvalue weighted by Crippen LogP contribution is -2.41. The number of carbonyl (C=O) groups excluding carboxylic acids is 2. The summed E-state index contributed by atoms with van der Waals surface area (Å²) in [6, 6.07) is 4.44. The van der Waals surface area contributed by atoms with E-state index < -0.39 is 11.9 Å². The second kappa shape index (κ2) is 5.94. The zero-order chi connectivity index (χ0) is 13.7. The van der Waals surface area contributed by atoms with Gasteiger partial charge in [0.25, 0.3) is 5.91 Å². The van der Waals surface area contributed by atoms with E-state index in [9.17, 15) is 9.59 Å². The molecule has 7 heteroatoms. The van der Waals surface area contributed by atoms with E-state index in [2.05, 4.69) is 10.6 Å². The van der Waals surface area contributed by atoms with E-state index in [-0.39, 0.29) is 13.4 Å². The molecule has 0 unspecified atom stereocenters. The van der Waals surface area contributed by atoms with Crippen LogP contribution in [0.3, 0.4) is 0 Å². The second-order valence-corrected chi connectivity index (χ2v) is 3.71. The molecule has 1 aromatic carbocycles. The summed E-state index contributed by atoms with van der Waals surface area (Å²) in [4.78, 5) is 22.5. The standard InChI is InChI=1S/C12H14N2O5/c1-2-13-12(16)14-11(15)6-17-8-3-4-9-10(5-8)19-7-18-9/h3-5H,2,6-7H2,1H3,(H2,13,14,15,16). The lowest BCUT2D eigenvalue weighted by molar-refractivity contribution is -0.122. The van der Waals surface area contributed by atoms with Crippen molar-refractivity contribution in [2.45, 2.75) is 6.92 Å². The fourth-order valence-corrected chi connectivity index (χ4v) is 1.48. The summed E-state index contributed by atoms with van der Waals surface area (Å²) in [5, 5.41) is 4.58. The first kappa shape index (κ1) is 13.0. The van der Waals surface area contributed by atoms with Crippen LogP contribution in [-0.4, -0.2) is 31.9 Å². The SMILES string of the molecule is CCNC(=O)NC(=O)COc1ccc2c(c1)OCO2. The Kier molecular flexibility index (Phi) is 4.07. The Balaban J connectivity index is 1.82. The quantitative estimate of drug-likeness (QED) is 0.835. The van der Waals surface area contributed by atoms with Crippen LogP contribution in [0.15, 0.2) is 18.2 Å². The molecule has 0 aliphatic carbocycles. The summed E-state index contributed by atoms with van der Waals surface area (Å²) in [5.41, 5.74) is 0. The average molecular weight is 266 g/mol. The van der Waals surface area contributed by atoms with Crippen molar-refractivity contribution in [2.75, 3.05) is 19.9 Å². The van der Waals surface area contributed by atoms with Crippen molar-refractivity contribution in [1.29, 1.82) is 0 Å². The van der Waals surface area contributed by atoms with Crippen LogP contribution < -0.4 is 24.8 Å². The Morgan fingerprint density at radius 1 is 1.32 bits per heavy atom. The van der Waals surface area contributed by atoms with Gasteiger partial charge in [0, 0.05) is 12.6 Å². The number of imide groups is 1. The fraction of sp³-hybridized carbons (Fsp3) is 0.333. The molecule has 0 bridgehead atoms. The highest BCUT2D eigenvalue weighted by Gasteiger charge is 2.14. The van der Waals surface area contributed by atoms with Gasteiger partial charge in [-0.15, -0.1) is 0 Å². The number of amides is 3. The number of ether oxygens (including phenoxy) is 3. The molecule has 1 aliphatic heterocycles. The van der Waals surface area contributed by atoms with Crippen molar-refractivity contribution >= 4 is 11.9 Å². The molecule has 19 heavy (non-hydrogen) atoms. The monoisotopic (exact) mass is 266 g/mol. The zero-order valence-corrected chi connectivity index (χ0v) is 10.4. The van der Waals surface area contributed by atoms with Crippen LogP contribution >= 0.6 is 0 Å². The molecule has 0 atom stereocenters. The first-order valence-corrected chi connectivity index (χ1v) is 5.79. The summed E-state index contributed by atoms with van der Waals surface area (Å²) in [6.07, 6.45) is 0. The fourth-order valence-electron chi connectivity index (χ4n) is 1.48. The summed E-state index contributed by atoms with van der Waals surface area (Å²) in [5.74, 6) is 1.15. The lowest BCUT2D eigenvalue weighted by atomic mass is 10.3. The van der Waals surface area contributed by atoms with Crippen molar-refractivity contribution in [3.8, 4) is 17.2 Å². The summed E-state index contributed by atoms with van der Waals surface area (Å²) < 4.78 is 15.6. The molecule has 3 amide bonds. The topological polar surface area (TPSA) is 85.9 Å². The smallest absolute Gasteiger partial charge is 0.321 e. The molecule has 0 saturated heterocycles. The van der Waals surface area contributed by atoms with Gasteiger partial charge in [-0.1, -0.05) is 0 Å². The Hall–Kier alpha value is -2.44. The van der Waals surface area contributed by atoms with Gasteiger partial charge in [-0.3, -0.25) is 10.1 Å². The molecule has 1 heterocycles. The minimum absolute atomic E-state index is 0.177. The number of carbonyl (C=O) groups is 2. The van der Waals surface area contributed by atoms with Gasteiger partial charge in [-0.05, 0) is 19.1 Å². The molecule has 0 radical (unpaired) electrons. The van der Waals surface area contributed by atoms with Crippen LogP contribution in [0, 0.1) is 0 Å². The van der Waals surface area contributed by atoms with Crippen molar-refractivity contribution < 1.29 is 23.8 Å². The molecule has 0 saturated carbocycles. The Bertz CT molecular complexity index is 489. The first-order chi connectivity index (χ1) is 9.19. The molecular formula is C12H14N2O5. The summed E-state index contributed by atoms with van der Waals surface area (Å²) >= 11 is 0. The van der Waals surface area contributed by atoms with Gasteiger partial charge in [-0.25, -0.2) is 4.79 Å². The maximum Gasteiger partial charge on any atom is 0.321 e. The molecule has 2 N–H and O–H groups in total. The average Bonchev–Trinajstić information content (AvgIpc) is 2.83. The third-order valence-electron chi connectivity index (χ3n) is 2.30. The molecule has 2 rings (SSSR count). The van der Waals surface area contributed by atoms with Crippen molar-refractivity contribution in [3.05, 3.63) is 18.2 Å². The molecule has 1 aromatic rings. The lowest BCUT2D eigenvalue weighted by Gasteiger charge is -2.07. The minimum atomic E-state index is -0.540. The number of rotatable bonds is 4. The first-order valence-electron chi connectivity index (χ1n) is 5.79. The van der Waals surface area contributed by atoms with Crippen molar-refractivity contribution in [1.82, 2.24) is 10.6 Å². The number of benzene rings is 1. The van der Waals surface area contributed by atoms with Gasteiger partial charge >= 0.3 is 6.03 Å².